The Morgan fingerprint density at radius 2 is 2.08 bits per heavy atom. The average molecular weight is 334 g/mol. The summed E-state index contributed by atoms with van der Waals surface area (Å²) in [6.07, 6.45) is 0.401. The number of nitrogens with one attached hydrogen (secondary N) is 1. The molecule has 1 aliphatic rings. The summed E-state index contributed by atoms with van der Waals surface area (Å²) < 4.78 is 10.4. The summed E-state index contributed by atoms with van der Waals surface area (Å²) in [5.74, 6) is 0.721. The molecule has 0 saturated carbocycles. The van der Waals surface area contributed by atoms with Gasteiger partial charge in [-0.05, 0) is 39.3 Å². The van der Waals surface area contributed by atoms with Gasteiger partial charge < -0.3 is 14.8 Å². The number of methoxy groups -OCH3 is 1. The van der Waals surface area contributed by atoms with Crippen LogP contribution in [0.5, 0.6) is 5.75 Å². The number of nitrogens with zero attached hydrogens (tertiary/aromatic N) is 1. The van der Waals surface area contributed by atoms with Crippen molar-refractivity contribution in [2.24, 2.45) is 0 Å². The second-order valence-corrected chi connectivity index (χ2v) is 7.02. The van der Waals surface area contributed by atoms with E-state index in [4.69, 9.17) is 9.47 Å². The van der Waals surface area contributed by atoms with Gasteiger partial charge in [0.05, 0.1) is 13.7 Å². The van der Waals surface area contributed by atoms with Gasteiger partial charge >= 0.3 is 6.09 Å². The molecular formula is C18H26N2O4. The number of hydrogen-bond acceptors (Lipinski definition) is 5. The van der Waals surface area contributed by atoms with Crippen molar-refractivity contribution >= 4 is 11.9 Å². The number of Topliss-reactive ketones (excluding diaryl/α,β-unsaturated/α-hetero) is 1. The summed E-state index contributed by atoms with van der Waals surface area (Å²) in [6, 6.07) is 7.17. The fourth-order valence-corrected chi connectivity index (χ4v) is 2.66. The van der Waals surface area contributed by atoms with Gasteiger partial charge in [0.15, 0.2) is 5.78 Å². The summed E-state index contributed by atoms with van der Waals surface area (Å²) in [7, 11) is 1.58. The van der Waals surface area contributed by atoms with E-state index in [1.54, 1.807) is 19.2 Å². The lowest BCUT2D eigenvalue weighted by Crippen LogP contribution is -2.41. The van der Waals surface area contributed by atoms with E-state index in [2.05, 4.69) is 5.32 Å². The number of ketones is 1. The van der Waals surface area contributed by atoms with E-state index >= 15 is 0 Å². The number of hydrogen-bond donors (Lipinski definition) is 1. The lowest BCUT2D eigenvalue weighted by atomic mass is 10.1. The zero-order valence-corrected chi connectivity index (χ0v) is 14.8. The molecule has 1 N–H and O–H groups in total. The van der Waals surface area contributed by atoms with Crippen LogP contribution in [-0.2, 0) is 4.74 Å². The number of carbonyl (C=O) groups excluding carboxylic acids is 2. The van der Waals surface area contributed by atoms with Gasteiger partial charge in [0.2, 0.25) is 0 Å². The zero-order valence-electron chi connectivity index (χ0n) is 14.8. The van der Waals surface area contributed by atoms with Crippen molar-refractivity contribution in [3.63, 3.8) is 0 Å². The minimum atomic E-state index is -0.509. The van der Waals surface area contributed by atoms with Gasteiger partial charge in [-0.15, -0.1) is 0 Å². The van der Waals surface area contributed by atoms with E-state index in [1.165, 1.54) is 0 Å². The highest BCUT2D eigenvalue weighted by atomic mass is 16.6. The number of alkyl carbamates (subject to hydrolysis) is 1. The smallest absolute Gasteiger partial charge is 0.407 e. The van der Waals surface area contributed by atoms with Crippen LogP contribution in [0.2, 0.25) is 0 Å². The standard InChI is InChI=1S/C18H26N2O4/c1-18(2,3)24-17(22)19-14-8-9-20(11-14)12-16(21)13-6-5-7-15(10-13)23-4/h5-7,10,14H,8-9,11-12H2,1-4H3,(H,19,22). The van der Waals surface area contributed by atoms with Crippen molar-refractivity contribution in [1.29, 1.82) is 0 Å². The zero-order chi connectivity index (χ0) is 17.7. The summed E-state index contributed by atoms with van der Waals surface area (Å²) in [5.41, 5.74) is 0.128. The van der Waals surface area contributed by atoms with Crippen LogP contribution in [0.3, 0.4) is 0 Å². The fourth-order valence-electron chi connectivity index (χ4n) is 2.66. The molecule has 1 aromatic carbocycles. The van der Waals surface area contributed by atoms with Crippen LogP contribution in [-0.4, -0.2) is 55.2 Å². The SMILES string of the molecule is COc1cccc(C(=O)CN2CCC(NC(=O)OC(C)(C)C)C2)c1. The Morgan fingerprint density at radius 1 is 1.33 bits per heavy atom. The molecule has 1 heterocycles. The first-order valence-electron chi connectivity index (χ1n) is 8.16. The lowest BCUT2D eigenvalue weighted by Gasteiger charge is -2.22. The van der Waals surface area contributed by atoms with Gasteiger partial charge in [0.1, 0.15) is 11.4 Å². The monoisotopic (exact) mass is 334 g/mol. The van der Waals surface area contributed by atoms with E-state index in [-0.39, 0.29) is 11.8 Å². The predicted molar refractivity (Wildman–Crippen MR) is 91.5 cm³/mol. The minimum absolute atomic E-state index is 0.0120. The van der Waals surface area contributed by atoms with Crippen LogP contribution in [0.4, 0.5) is 4.79 Å². The molecule has 0 aromatic heterocycles. The summed E-state index contributed by atoms with van der Waals surface area (Å²) in [4.78, 5) is 26.2. The number of likely N-dealkylation sites (tertiary alicyclic amines) is 1. The van der Waals surface area contributed by atoms with Crippen LogP contribution in [0, 0.1) is 0 Å². The molecule has 6 nitrogen and oxygen atoms in total. The van der Waals surface area contributed by atoms with Crippen LogP contribution < -0.4 is 10.1 Å². The highest BCUT2D eigenvalue weighted by Gasteiger charge is 2.27. The van der Waals surface area contributed by atoms with Crippen molar-refractivity contribution < 1.29 is 19.1 Å². The Bertz CT molecular complexity index is 595. The second kappa shape index (κ2) is 7.66. The Kier molecular flexibility index (Phi) is 5.83. The molecule has 0 bridgehead atoms. The Labute approximate surface area is 143 Å². The van der Waals surface area contributed by atoms with Gasteiger partial charge in [0, 0.05) is 24.7 Å². The summed E-state index contributed by atoms with van der Waals surface area (Å²) in [6.45, 7) is 7.26. The van der Waals surface area contributed by atoms with Gasteiger partial charge in [-0.25, -0.2) is 4.79 Å². The first-order chi connectivity index (χ1) is 11.3. The molecule has 0 spiro atoms. The van der Waals surface area contributed by atoms with E-state index in [0.717, 1.165) is 13.0 Å². The maximum absolute atomic E-state index is 12.4. The topological polar surface area (TPSA) is 67.9 Å². The minimum Gasteiger partial charge on any atom is -0.497 e. The molecule has 1 fully saturated rings. The Hall–Kier alpha value is -2.08. The van der Waals surface area contributed by atoms with Crippen LogP contribution in [0.15, 0.2) is 24.3 Å². The molecular weight excluding hydrogens is 308 g/mol. The first-order valence-corrected chi connectivity index (χ1v) is 8.16. The molecule has 1 aliphatic heterocycles. The molecule has 24 heavy (non-hydrogen) atoms. The van der Waals surface area contributed by atoms with E-state index in [9.17, 15) is 9.59 Å². The summed E-state index contributed by atoms with van der Waals surface area (Å²) in [5, 5.41) is 2.86. The molecule has 132 valence electrons. The molecule has 2 rings (SSSR count). The number of rotatable bonds is 5. The maximum atomic E-state index is 12.4. The van der Waals surface area contributed by atoms with E-state index < -0.39 is 11.7 Å². The van der Waals surface area contributed by atoms with E-state index in [1.807, 2.05) is 37.8 Å². The molecule has 1 saturated heterocycles. The highest BCUT2D eigenvalue weighted by Crippen LogP contribution is 2.16. The number of carbonyl (C=O) groups is 2. The van der Waals surface area contributed by atoms with Gasteiger partial charge in [-0.2, -0.15) is 0 Å². The molecule has 1 atom stereocenters. The number of amides is 1. The number of ether oxygens (including phenoxy) is 2. The maximum Gasteiger partial charge on any atom is 0.407 e. The third-order valence-electron chi connectivity index (χ3n) is 3.75. The second-order valence-electron chi connectivity index (χ2n) is 7.02. The van der Waals surface area contributed by atoms with Crippen LogP contribution in [0.1, 0.15) is 37.6 Å². The third-order valence-corrected chi connectivity index (χ3v) is 3.75. The first kappa shape index (κ1) is 18.3. The highest BCUT2D eigenvalue weighted by molar-refractivity contribution is 5.98. The summed E-state index contributed by atoms with van der Waals surface area (Å²) >= 11 is 0. The van der Waals surface area contributed by atoms with E-state index in [0.29, 0.717) is 24.4 Å². The molecule has 0 aliphatic carbocycles. The Morgan fingerprint density at radius 3 is 2.75 bits per heavy atom. The largest absolute Gasteiger partial charge is 0.497 e. The molecule has 0 radical (unpaired) electrons. The predicted octanol–water partition coefficient (Wildman–Crippen LogP) is 2.48. The van der Waals surface area contributed by atoms with Gasteiger partial charge in [0.25, 0.3) is 0 Å². The van der Waals surface area contributed by atoms with Gasteiger partial charge in [-0.1, -0.05) is 12.1 Å². The van der Waals surface area contributed by atoms with Crippen molar-refractivity contribution in [1.82, 2.24) is 10.2 Å². The lowest BCUT2D eigenvalue weighted by molar-refractivity contribution is 0.0506. The van der Waals surface area contributed by atoms with Gasteiger partial charge in [-0.3, -0.25) is 9.69 Å². The Balaban J connectivity index is 1.83. The average Bonchev–Trinajstić information content (AvgIpc) is 2.92. The normalized spacial score (nSPS) is 18.2. The fraction of sp³-hybridized carbons (Fsp3) is 0.556. The van der Waals surface area contributed by atoms with Crippen molar-refractivity contribution in [2.45, 2.75) is 38.8 Å². The molecule has 1 unspecified atom stereocenters. The van der Waals surface area contributed by atoms with Crippen molar-refractivity contribution in [3.8, 4) is 5.75 Å². The quantitative estimate of drug-likeness (QED) is 0.838. The van der Waals surface area contributed by atoms with Crippen LogP contribution in [0.25, 0.3) is 0 Å². The molecule has 1 aromatic rings. The van der Waals surface area contributed by atoms with Crippen molar-refractivity contribution in [2.75, 3.05) is 26.7 Å². The van der Waals surface area contributed by atoms with Crippen molar-refractivity contribution in [3.05, 3.63) is 29.8 Å². The number of benzene rings is 1. The third kappa shape index (κ3) is 5.53. The molecule has 1 amide bonds. The molecule has 6 heteroatoms. The van der Waals surface area contributed by atoms with Crippen LogP contribution >= 0.6 is 0 Å².